The van der Waals surface area contributed by atoms with Crippen molar-refractivity contribution in [3.63, 3.8) is 0 Å². The second kappa shape index (κ2) is 8.27. The Morgan fingerprint density at radius 1 is 1.20 bits per heavy atom. The monoisotopic (exact) mass is 349 g/mol. The summed E-state index contributed by atoms with van der Waals surface area (Å²) in [6.07, 6.45) is 7.96. The molecule has 140 valence electrons. The molecule has 2 N–H and O–H groups in total. The zero-order valence-corrected chi connectivity index (χ0v) is 15.4. The Morgan fingerprint density at radius 3 is 2.48 bits per heavy atom. The van der Waals surface area contributed by atoms with Crippen LogP contribution < -0.4 is 5.32 Å². The highest BCUT2D eigenvalue weighted by Gasteiger charge is 2.30. The van der Waals surface area contributed by atoms with Gasteiger partial charge in [0.2, 0.25) is 5.91 Å². The Morgan fingerprint density at radius 2 is 1.88 bits per heavy atom. The fourth-order valence-corrected chi connectivity index (χ4v) is 4.15. The maximum atomic E-state index is 12.6. The number of likely N-dealkylation sites (tertiary alicyclic amines) is 1. The molecule has 0 aromatic carbocycles. The molecule has 2 heterocycles. The number of piperidine rings is 1. The van der Waals surface area contributed by atoms with E-state index in [0.29, 0.717) is 17.8 Å². The van der Waals surface area contributed by atoms with Crippen LogP contribution in [-0.4, -0.2) is 55.9 Å². The standard InChI is InChI=1S/C18H31N5O2/c1-13(18(25)19-15-6-4-3-5-7-15)23-10-8-14(9-11-23)17-21-20-16(12-24)22(17)2/h13-15,24H,3-12H2,1-2H3,(H,19,25)/t13-/m0/s1. The highest BCUT2D eigenvalue weighted by atomic mass is 16.3. The lowest BCUT2D eigenvalue weighted by atomic mass is 9.94. The topological polar surface area (TPSA) is 83.3 Å². The number of hydrogen-bond acceptors (Lipinski definition) is 5. The second-order valence-electron chi connectivity index (χ2n) is 7.52. The van der Waals surface area contributed by atoms with Crippen LogP contribution in [0.2, 0.25) is 0 Å². The largest absolute Gasteiger partial charge is 0.388 e. The van der Waals surface area contributed by atoms with Crippen LogP contribution in [-0.2, 0) is 18.4 Å². The molecule has 0 radical (unpaired) electrons. The second-order valence-corrected chi connectivity index (χ2v) is 7.52. The predicted octanol–water partition coefficient (Wildman–Crippen LogP) is 1.32. The molecule has 1 atom stereocenters. The van der Waals surface area contributed by atoms with E-state index in [4.69, 9.17) is 0 Å². The number of carbonyl (C=O) groups excluding carboxylic acids is 1. The molecule has 1 aliphatic heterocycles. The summed E-state index contributed by atoms with van der Waals surface area (Å²) in [5, 5.41) is 20.8. The van der Waals surface area contributed by atoms with Gasteiger partial charge in [0.05, 0.1) is 6.04 Å². The molecule has 1 aliphatic carbocycles. The first-order valence-corrected chi connectivity index (χ1v) is 9.63. The number of rotatable bonds is 5. The lowest BCUT2D eigenvalue weighted by molar-refractivity contribution is -0.127. The summed E-state index contributed by atoms with van der Waals surface area (Å²) in [6.45, 7) is 3.72. The lowest BCUT2D eigenvalue weighted by Gasteiger charge is -2.35. The van der Waals surface area contributed by atoms with Gasteiger partial charge in [-0.05, 0) is 45.7 Å². The van der Waals surface area contributed by atoms with Crippen molar-refractivity contribution < 1.29 is 9.90 Å². The van der Waals surface area contributed by atoms with E-state index in [1.165, 1.54) is 19.3 Å². The van der Waals surface area contributed by atoms with Gasteiger partial charge in [-0.25, -0.2) is 0 Å². The van der Waals surface area contributed by atoms with E-state index in [9.17, 15) is 9.90 Å². The van der Waals surface area contributed by atoms with Crippen LogP contribution in [0.25, 0.3) is 0 Å². The first-order valence-electron chi connectivity index (χ1n) is 9.63. The minimum absolute atomic E-state index is 0.0737. The van der Waals surface area contributed by atoms with Gasteiger partial charge >= 0.3 is 0 Å². The number of nitrogens with zero attached hydrogens (tertiary/aromatic N) is 4. The zero-order valence-electron chi connectivity index (χ0n) is 15.4. The van der Waals surface area contributed by atoms with Crippen LogP contribution >= 0.6 is 0 Å². The van der Waals surface area contributed by atoms with Crippen LogP contribution in [0.4, 0.5) is 0 Å². The SMILES string of the molecule is C[C@@H](C(=O)NC1CCCCC1)N1CCC(c2nnc(CO)n2C)CC1. The number of amides is 1. The van der Waals surface area contributed by atoms with Gasteiger partial charge in [-0.3, -0.25) is 9.69 Å². The predicted molar refractivity (Wildman–Crippen MR) is 95.0 cm³/mol. The summed E-state index contributed by atoms with van der Waals surface area (Å²) in [7, 11) is 1.91. The molecule has 1 saturated heterocycles. The molecule has 0 bridgehead atoms. The zero-order chi connectivity index (χ0) is 17.8. The van der Waals surface area contributed by atoms with Crippen molar-refractivity contribution in [1.82, 2.24) is 25.0 Å². The van der Waals surface area contributed by atoms with E-state index >= 15 is 0 Å². The van der Waals surface area contributed by atoms with Gasteiger partial charge < -0.3 is 15.0 Å². The molecule has 1 aromatic rings. The van der Waals surface area contributed by atoms with Crippen LogP contribution in [0.15, 0.2) is 0 Å². The van der Waals surface area contributed by atoms with Gasteiger partial charge in [-0.1, -0.05) is 19.3 Å². The van der Waals surface area contributed by atoms with E-state index in [1.807, 2.05) is 18.5 Å². The Hall–Kier alpha value is -1.47. The smallest absolute Gasteiger partial charge is 0.237 e. The summed E-state index contributed by atoms with van der Waals surface area (Å²) in [6, 6.07) is 0.298. The van der Waals surface area contributed by atoms with Gasteiger partial charge in [-0.2, -0.15) is 0 Å². The van der Waals surface area contributed by atoms with Crippen LogP contribution in [0, 0.1) is 0 Å². The molecule has 25 heavy (non-hydrogen) atoms. The van der Waals surface area contributed by atoms with E-state index in [2.05, 4.69) is 20.4 Å². The molecule has 2 fully saturated rings. The summed E-state index contributed by atoms with van der Waals surface area (Å²) in [5.41, 5.74) is 0. The van der Waals surface area contributed by atoms with Crippen molar-refractivity contribution in [2.45, 2.75) is 76.5 Å². The molecule has 7 heteroatoms. The maximum Gasteiger partial charge on any atom is 0.237 e. The van der Waals surface area contributed by atoms with Crippen molar-refractivity contribution in [2.24, 2.45) is 7.05 Å². The molecule has 3 rings (SSSR count). The number of nitrogens with one attached hydrogen (secondary N) is 1. The van der Waals surface area contributed by atoms with E-state index in [0.717, 1.165) is 44.6 Å². The third-order valence-corrected chi connectivity index (χ3v) is 5.91. The summed E-state index contributed by atoms with van der Waals surface area (Å²) in [5.74, 6) is 2.08. The average Bonchev–Trinajstić information content (AvgIpc) is 3.02. The Kier molecular flexibility index (Phi) is 6.06. The molecular weight excluding hydrogens is 318 g/mol. The number of aromatic nitrogens is 3. The van der Waals surface area contributed by atoms with Gasteiger partial charge in [-0.15, -0.1) is 10.2 Å². The molecule has 0 unspecified atom stereocenters. The number of hydrogen-bond donors (Lipinski definition) is 2. The third kappa shape index (κ3) is 4.20. The minimum atomic E-state index is -0.0826. The highest BCUT2D eigenvalue weighted by molar-refractivity contribution is 5.81. The third-order valence-electron chi connectivity index (χ3n) is 5.91. The van der Waals surface area contributed by atoms with Gasteiger partial charge in [0, 0.05) is 19.0 Å². The van der Waals surface area contributed by atoms with Crippen LogP contribution in [0.3, 0.4) is 0 Å². The van der Waals surface area contributed by atoms with Crippen molar-refractivity contribution in [1.29, 1.82) is 0 Å². The molecule has 7 nitrogen and oxygen atoms in total. The van der Waals surface area contributed by atoms with Crippen molar-refractivity contribution in [3.05, 3.63) is 11.6 Å². The molecule has 1 amide bonds. The fourth-order valence-electron chi connectivity index (χ4n) is 4.15. The maximum absolute atomic E-state index is 12.6. The Bertz CT molecular complexity index is 574. The van der Waals surface area contributed by atoms with Crippen molar-refractivity contribution >= 4 is 5.91 Å². The fraction of sp³-hybridized carbons (Fsp3) is 0.833. The molecule has 1 aromatic heterocycles. The number of carbonyl (C=O) groups is 1. The first-order chi connectivity index (χ1) is 12.1. The lowest BCUT2D eigenvalue weighted by Crippen LogP contribution is -2.50. The summed E-state index contributed by atoms with van der Waals surface area (Å²) in [4.78, 5) is 14.8. The Labute approximate surface area is 149 Å². The van der Waals surface area contributed by atoms with Gasteiger partial charge in [0.15, 0.2) is 5.82 Å². The van der Waals surface area contributed by atoms with E-state index in [-0.39, 0.29) is 18.6 Å². The van der Waals surface area contributed by atoms with E-state index in [1.54, 1.807) is 0 Å². The van der Waals surface area contributed by atoms with Crippen LogP contribution in [0.1, 0.15) is 69.4 Å². The quantitative estimate of drug-likeness (QED) is 0.838. The summed E-state index contributed by atoms with van der Waals surface area (Å²) >= 11 is 0. The Balaban J connectivity index is 1.50. The molecular formula is C18H31N5O2. The van der Waals surface area contributed by atoms with Gasteiger partial charge in [0.25, 0.3) is 0 Å². The average molecular weight is 349 g/mol. The first kappa shape index (κ1) is 18.3. The van der Waals surface area contributed by atoms with Crippen molar-refractivity contribution in [3.8, 4) is 0 Å². The van der Waals surface area contributed by atoms with Crippen molar-refractivity contribution in [2.75, 3.05) is 13.1 Å². The minimum Gasteiger partial charge on any atom is -0.388 e. The molecule has 0 spiro atoms. The van der Waals surface area contributed by atoms with Crippen LogP contribution in [0.5, 0.6) is 0 Å². The summed E-state index contributed by atoms with van der Waals surface area (Å²) < 4.78 is 1.90. The molecule has 1 saturated carbocycles. The highest BCUT2D eigenvalue weighted by Crippen LogP contribution is 2.28. The number of aliphatic hydroxyl groups excluding tert-OH is 1. The van der Waals surface area contributed by atoms with Gasteiger partial charge in [0.1, 0.15) is 12.4 Å². The number of aliphatic hydroxyl groups is 1. The normalized spacial score (nSPS) is 22.0. The molecule has 2 aliphatic rings. The van der Waals surface area contributed by atoms with E-state index < -0.39 is 0 Å².